The van der Waals surface area contributed by atoms with Gasteiger partial charge in [0.05, 0.1) is 10.5 Å². The van der Waals surface area contributed by atoms with Crippen LogP contribution in [-0.2, 0) is 9.84 Å². The van der Waals surface area contributed by atoms with Crippen molar-refractivity contribution in [3.05, 3.63) is 54.2 Å². The second-order valence-corrected chi connectivity index (χ2v) is 5.40. The lowest BCUT2D eigenvalue weighted by Gasteiger charge is -2.03. The molecule has 1 aromatic carbocycles. The Bertz CT molecular complexity index is 663. The van der Waals surface area contributed by atoms with E-state index in [-0.39, 0.29) is 15.5 Å². The van der Waals surface area contributed by atoms with Crippen LogP contribution >= 0.6 is 0 Å². The minimum Gasteiger partial charge on any atom is -0.478 e. The van der Waals surface area contributed by atoms with E-state index in [1.165, 1.54) is 36.5 Å². The summed E-state index contributed by atoms with van der Waals surface area (Å²) >= 11 is 0. The fourth-order valence-electron chi connectivity index (χ4n) is 1.40. The molecule has 0 aliphatic heterocycles. The molecule has 0 saturated heterocycles. The maximum atomic E-state index is 12.1. The van der Waals surface area contributed by atoms with E-state index < -0.39 is 15.8 Å². The van der Waals surface area contributed by atoms with Crippen molar-refractivity contribution in [1.29, 1.82) is 0 Å². The molecule has 0 aliphatic rings. The number of benzene rings is 1. The maximum absolute atomic E-state index is 12.1. The van der Waals surface area contributed by atoms with Crippen molar-refractivity contribution < 1.29 is 18.3 Å². The molecule has 0 aliphatic carbocycles. The van der Waals surface area contributed by atoms with Crippen LogP contribution in [0.15, 0.2) is 58.6 Å². The van der Waals surface area contributed by atoms with Crippen LogP contribution in [0.1, 0.15) is 10.4 Å². The molecule has 0 amide bonds. The summed E-state index contributed by atoms with van der Waals surface area (Å²) in [6, 6.07) is 9.59. The van der Waals surface area contributed by atoms with E-state index in [0.717, 1.165) is 0 Å². The smallest absolute Gasteiger partial charge is 0.335 e. The minimum absolute atomic E-state index is 0.0196. The zero-order chi connectivity index (χ0) is 13.2. The van der Waals surface area contributed by atoms with Crippen molar-refractivity contribution >= 4 is 15.8 Å². The van der Waals surface area contributed by atoms with Gasteiger partial charge in [-0.05, 0) is 36.4 Å². The Labute approximate surface area is 104 Å². The third-order valence-electron chi connectivity index (χ3n) is 2.32. The summed E-state index contributed by atoms with van der Waals surface area (Å²) in [4.78, 5) is 14.5. The van der Waals surface area contributed by atoms with E-state index >= 15 is 0 Å². The molecule has 2 rings (SSSR count). The Morgan fingerprint density at radius 1 is 1.06 bits per heavy atom. The number of hydrogen-bond donors (Lipinski definition) is 1. The molecule has 0 bridgehead atoms. The minimum atomic E-state index is -3.69. The van der Waals surface area contributed by atoms with Crippen molar-refractivity contribution in [3.8, 4) is 0 Å². The molecule has 0 unspecified atom stereocenters. The lowest BCUT2D eigenvalue weighted by atomic mass is 10.2. The lowest BCUT2D eigenvalue weighted by molar-refractivity contribution is 0.0697. The van der Waals surface area contributed by atoms with Gasteiger partial charge in [0.15, 0.2) is 5.03 Å². The van der Waals surface area contributed by atoms with Gasteiger partial charge in [-0.2, -0.15) is 0 Å². The number of nitrogens with zero attached hydrogens (tertiary/aromatic N) is 1. The Hall–Kier alpha value is -2.21. The number of aromatic carboxylic acids is 1. The third-order valence-corrected chi connectivity index (χ3v) is 4.01. The standard InChI is InChI=1S/C12H9NO4S/c14-12(15)9-4-6-10(7-5-9)18(16,17)11-3-1-2-8-13-11/h1-8H,(H,14,15). The van der Waals surface area contributed by atoms with E-state index in [4.69, 9.17) is 5.11 Å². The van der Waals surface area contributed by atoms with Crippen LogP contribution in [0.4, 0.5) is 0 Å². The summed E-state index contributed by atoms with van der Waals surface area (Å²) in [5.41, 5.74) is 0.0370. The predicted molar refractivity (Wildman–Crippen MR) is 63.1 cm³/mol. The van der Waals surface area contributed by atoms with Gasteiger partial charge in [0.2, 0.25) is 9.84 Å². The van der Waals surface area contributed by atoms with E-state index in [1.54, 1.807) is 12.1 Å². The van der Waals surface area contributed by atoms with Crippen molar-refractivity contribution in [2.75, 3.05) is 0 Å². The van der Waals surface area contributed by atoms with E-state index in [2.05, 4.69) is 4.98 Å². The number of aromatic nitrogens is 1. The van der Waals surface area contributed by atoms with Gasteiger partial charge in [0.1, 0.15) is 0 Å². The fourth-order valence-corrected chi connectivity index (χ4v) is 2.60. The molecule has 0 spiro atoms. The van der Waals surface area contributed by atoms with Crippen LogP contribution in [0.3, 0.4) is 0 Å². The Balaban J connectivity index is 2.46. The molecule has 2 aromatic rings. The van der Waals surface area contributed by atoms with E-state index in [1.807, 2.05) is 0 Å². The Morgan fingerprint density at radius 2 is 1.72 bits per heavy atom. The zero-order valence-electron chi connectivity index (χ0n) is 9.15. The second-order valence-electron chi connectivity index (χ2n) is 3.50. The summed E-state index contributed by atoms with van der Waals surface area (Å²) < 4.78 is 24.2. The first-order valence-corrected chi connectivity index (χ1v) is 6.49. The van der Waals surface area contributed by atoms with Crippen molar-refractivity contribution in [2.24, 2.45) is 0 Å². The number of sulfone groups is 1. The lowest BCUT2D eigenvalue weighted by Crippen LogP contribution is -2.05. The average molecular weight is 263 g/mol. The number of carbonyl (C=O) groups is 1. The molecule has 0 radical (unpaired) electrons. The molecule has 0 saturated carbocycles. The maximum Gasteiger partial charge on any atom is 0.335 e. The van der Waals surface area contributed by atoms with Crippen LogP contribution in [0.2, 0.25) is 0 Å². The van der Waals surface area contributed by atoms with E-state index in [9.17, 15) is 13.2 Å². The van der Waals surface area contributed by atoms with Crippen LogP contribution < -0.4 is 0 Å². The number of carboxylic acids is 1. The molecule has 0 atom stereocenters. The summed E-state index contributed by atoms with van der Waals surface area (Å²) in [6.07, 6.45) is 1.39. The van der Waals surface area contributed by atoms with Crippen LogP contribution in [0, 0.1) is 0 Å². The van der Waals surface area contributed by atoms with Crippen molar-refractivity contribution in [1.82, 2.24) is 4.98 Å². The number of hydrogen-bond acceptors (Lipinski definition) is 4. The average Bonchev–Trinajstić information content (AvgIpc) is 2.40. The molecule has 5 nitrogen and oxygen atoms in total. The first kappa shape index (κ1) is 12.3. The van der Waals surface area contributed by atoms with Gasteiger partial charge in [0, 0.05) is 6.20 Å². The zero-order valence-corrected chi connectivity index (χ0v) is 9.96. The largest absolute Gasteiger partial charge is 0.478 e. The van der Waals surface area contributed by atoms with Gasteiger partial charge in [-0.15, -0.1) is 0 Å². The molecule has 1 N–H and O–H groups in total. The van der Waals surface area contributed by atoms with Gasteiger partial charge in [-0.1, -0.05) is 6.07 Å². The fraction of sp³-hybridized carbons (Fsp3) is 0. The molecular weight excluding hydrogens is 254 g/mol. The number of rotatable bonds is 3. The van der Waals surface area contributed by atoms with E-state index in [0.29, 0.717) is 0 Å². The van der Waals surface area contributed by atoms with Gasteiger partial charge in [-0.25, -0.2) is 18.2 Å². The quantitative estimate of drug-likeness (QED) is 0.909. The summed E-state index contributed by atoms with van der Waals surface area (Å²) in [6.45, 7) is 0. The highest BCUT2D eigenvalue weighted by Crippen LogP contribution is 2.18. The van der Waals surface area contributed by atoms with Crippen LogP contribution in [0.5, 0.6) is 0 Å². The first-order valence-electron chi connectivity index (χ1n) is 5.01. The van der Waals surface area contributed by atoms with Crippen LogP contribution in [-0.4, -0.2) is 24.5 Å². The van der Waals surface area contributed by atoms with Gasteiger partial charge in [-0.3, -0.25) is 0 Å². The molecule has 92 valence electrons. The number of carboxylic acid groups (broad SMARTS) is 1. The van der Waals surface area contributed by atoms with Gasteiger partial charge in [0.25, 0.3) is 0 Å². The monoisotopic (exact) mass is 263 g/mol. The SMILES string of the molecule is O=C(O)c1ccc(S(=O)(=O)c2ccccn2)cc1. The molecule has 0 fully saturated rings. The molecule has 1 heterocycles. The molecule has 18 heavy (non-hydrogen) atoms. The second kappa shape index (κ2) is 4.58. The molecular formula is C12H9NO4S. The Morgan fingerprint density at radius 3 is 2.22 bits per heavy atom. The topological polar surface area (TPSA) is 84.3 Å². The summed E-state index contributed by atoms with van der Waals surface area (Å²) in [7, 11) is -3.69. The third kappa shape index (κ3) is 2.23. The summed E-state index contributed by atoms with van der Waals surface area (Å²) in [5, 5.41) is 8.67. The van der Waals surface area contributed by atoms with Gasteiger partial charge >= 0.3 is 5.97 Å². The first-order chi connectivity index (χ1) is 8.51. The van der Waals surface area contributed by atoms with Crippen molar-refractivity contribution in [3.63, 3.8) is 0 Å². The highest BCUT2D eigenvalue weighted by Gasteiger charge is 2.18. The molecule has 6 heteroatoms. The highest BCUT2D eigenvalue weighted by atomic mass is 32.2. The normalized spacial score (nSPS) is 11.1. The number of pyridine rings is 1. The molecule has 1 aromatic heterocycles. The predicted octanol–water partition coefficient (Wildman–Crippen LogP) is 1.61. The highest BCUT2D eigenvalue weighted by molar-refractivity contribution is 7.91. The Kier molecular flexibility index (Phi) is 3.12. The van der Waals surface area contributed by atoms with Crippen molar-refractivity contribution in [2.45, 2.75) is 9.92 Å². The van der Waals surface area contributed by atoms with Gasteiger partial charge < -0.3 is 5.11 Å². The van der Waals surface area contributed by atoms with Crippen LogP contribution in [0.25, 0.3) is 0 Å². The summed E-state index contributed by atoms with van der Waals surface area (Å²) in [5.74, 6) is -1.10.